The summed E-state index contributed by atoms with van der Waals surface area (Å²) in [4.78, 5) is 13.5. The zero-order valence-corrected chi connectivity index (χ0v) is 13.0. The van der Waals surface area contributed by atoms with Gasteiger partial charge in [0.1, 0.15) is 0 Å². The van der Waals surface area contributed by atoms with Gasteiger partial charge in [-0.25, -0.2) is 0 Å². The van der Waals surface area contributed by atoms with Crippen LogP contribution in [0.4, 0.5) is 0 Å². The molecule has 2 unspecified atom stereocenters. The molecule has 1 aromatic rings. The molecule has 0 saturated heterocycles. The third-order valence-electron chi connectivity index (χ3n) is 2.92. The lowest BCUT2D eigenvalue weighted by Gasteiger charge is -2.24. The Morgan fingerprint density at radius 1 is 1.44 bits per heavy atom. The molecule has 0 aromatic heterocycles. The summed E-state index contributed by atoms with van der Waals surface area (Å²) in [5.41, 5.74) is 1.20. The maximum Gasteiger partial charge on any atom is 0.238 e. The summed E-state index contributed by atoms with van der Waals surface area (Å²) < 4.78 is 1.06. The van der Waals surface area contributed by atoms with Gasteiger partial charge < -0.3 is 4.90 Å². The van der Waals surface area contributed by atoms with Gasteiger partial charge in [-0.3, -0.25) is 10.1 Å². The fourth-order valence-electron chi connectivity index (χ4n) is 1.93. The van der Waals surface area contributed by atoms with Crippen molar-refractivity contribution in [1.82, 2.24) is 10.2 Å². The second-order valence-electron chi connectivity index (χ2n) is 4.64. The van der Waals surface area contributed by atoms with E-state index in [-0.39, 0.29) is 18.0 Å². The van der Waals surface area contributed by atoms with Gasteiger partial charge in [-0.2, -0.15) is 0 Å². The third kappa shape index (κ3) is 4.10. The fraction of sp³-hybridized carbons (Fsp3) is 0.500. The normalized spacial score (nSPS) is 14.1. The van der Waals surface area contributed by atoms with Crippen molar-refractivity contribution in [3.05, 3.63) is 34.3 Å². The quantitative estimate of drug-likeness (QED) is 0.906. The number of hydrogen-bond acceptors (Lipinski definition) is 2. The highest BCUT2D eigenvalue weighted by molar-refractivity contribution is 9.10. The van der Waals surface area contributed by atoms with Crippen LogP contribution in [0.5, 0.6) is 0 Å². The first-order valence-corrected chi connectivity index (χ1v) is 6.97. The van der Waals surface area contributed by atoms with Crippen LogP contribution in [0.25, 0.3) is 0 Å². The molecule has 0 fully saturated rings. The molecule has 0 heterocycles. The average molecular weight is 313 g/mol. The predicted octanol–water partition coefficient (Wildman–Crippen LogP) is 2.97. The molecule has 0 bridgehead atoms. The van der Waals surface area contributed by atoms with E-state index in [2.05, 4.69) is 40.3 Å². The SMILES string of the molecule is CCC(NC(C)C(=O)N(C)C)c1cccc(Br)c1. The number of halogens is 1. The largest absolute Gasteiger partial charge is 0.347 e. The van der Waals surface area contributed by atoms with E-state index >= 15 is 0 Å². The van der Waals surface area contributed by atoms with E-state index in [4.69, 9.17) is 0 Å². The predicted molar refractivity (Wildman–Crippen MR) is 78.5 cm³/mol. The molecule has 3 nitrogen and oxygen atoms in total. The number of amides is 1. The second-order valence-corrected chi connectivity index (χ2v) is 5.55. The summed E-state index contributed by atoms with van der Waals surface area (Å²) in [6.45, 7) is 4.02. The Bertz CT molecular complexity index is 407. The van der Waals surface area contributed by atoms with Crippen molar-refractivity contribution in [1.29, 1.82) is 0 Å². The molecular formula is C14H21BrN2O. The van der Waals surface area contributed by atoms with Crippen molar-refractivity contribution in [3.63, 3.8) is 0 Å². The van der Waals surface area contributed by atoms with E-state index in [1.807, 2.05) is 19.1 Å². The second kappa shape index (κ2) is 6.90. The van der Waals surface area contributed by atoms with Gasteiger partial charge in [0.2, 0.25) is 5.91 Å². The summed E-state index contributed by atoms with van der Waals surface area (Å²) in [6.07, 6.45) is 0.946. The van der Waals surface area contributed by atoms with Crippen LogP contribution < -0.4 is 5.32 Å². The topological polar surface area (TPSA) is 32.3 Å². The van der Waals surface area contributed by atoms with E-state index in [9.17, 15) is 4.79 Å². The van der Waals surface area contributed by atoms with Crippen molar-refractivity contribution in [2.24, 2.45) is 0 Å². The Kier molecular flexibility index (Phi) is 5.82. The summed E-state index contributed by atoms with van der Waals surface area (Å²) in [6, 6.07) is 8.21. The molecule has 2 atom stereocenters. The Morgan fingerprint density at radius 2 is 2.11 bits per heavy atom. The van der Waals surface area contributed by atoms with Gasteiger partial charge in [-0.1, -0.05) is 35.0 Å². The smallest absolute Gasteiger partial charge is 0.238 e. The Hall–Kier alpha value is -0.870. The van der Waals surface area contributed by atoms with Gasteiger partial charge >= 0.3 is 0 Å². The maximum atomic E-state index is 11.8. The molecule has 0 spiro atoms. The molecule has 1 aromatic carbocycles. The summed E-state index contributed by atoms with van der Waals surface area (Å²) in [5, 5.41) is 3.38. The molecule has 1 rings (SSSR count). The van der Waals surface area contributed by atoms with E-state index in [1.165, 1.54) is 5.56 Å². The van der Waals surface area contributed by atoms with Gasteiger partial charge in [0.25, 0.3) is 0 Å². The minimum Gasteiger partial charge on any atom is -0.347 e. The van der Waals surface area contributed by atoms with E-state index < -0.39 is 0 Å². The standard InChI is InChI=1S/C14H21BrN2O/c1-5-13(11-7-6-8-12(15)9-11)16-10(2)14(18)17(3)4/h6-10,13,16H,5H2,1-4H3. The van der Waals surface area contributed by atoms with Crippen LogP contribution in [0, 0.1) is 0 Å². The summed E-state index contributed by atoms with van der Waals surface area (Å²) >= 11 is 3.48. The van der Waals surface area contributed by atoms with Crippen LogP contribution in [0.3, 0.4) is 0 Å². The molecule has 100 valence electrons. The number of rotatable bonds is 5. The number of carbonyl (C=O) groups excluding carboxylic acids is 1. The van der Waals surface area contributed by atoms with Gasteiger partial charge in [0, 0.05) is 24.6 Å². The molecule has 1 N–H and O–H groups in total. The van der Waals surface area contributed by atoms with Gasteiger partial charge in [0.05, 0.1) is 6.04 Å². The highest BCUT2D eigenvalue weighted by Gasteiger charge is 2.19. The number of nitrogens with zero attached hydrogens (tertiary/aromatic N) is 1. The first kappa shape index (κ1) is 15.2. The van der Waals surface area contributed by atoms with E-state index in [1.54, 1.807) is 19.0 Å². The molecule has 0 saturated carbocycles. The van der Waals surface area contributed by atoms with Crippen LogP contribution in [0.1, 0.15) is 31.9 Å². The minimum absolute atomic E-state index is 0.100. The fourth-order valence-corrected chi connectivity index (χ4v) is 2.35. The van der Waals surface area contributed by atoms with Crippen LogP contribution in [-0.2, 0) is 4.79 Å². The monoisotopic (exact) mass is 312 g/mol. The maximum absolute atomic E-state index is 11.8. The lowest BCUT2D eigenvalue weighted by Crippen LogP contribution is -2.43. The van der Waals surface area contributed by atoms with Crippen LogP contribution >= 0.6 is 15.9 Å². The average Bonchev–Trinajstić information content (AvgIpc) is 2.34. The van der Waals surface area contributed by atoms with Crippen molar-refractivity contribution in [2.45, 2.75) is 32.4 Å². The molecule has 0 radical (unpaired) electrons. The Morgan fingerprint density at radius 3 is 2.61 bits per heavy atom. The van der Waals surface area contributed by atoms with Crippen LogP contribution in [0.2, 0.25) is 0 Å². The van der Waals surface area contributed by atoms with Crippen molar-refractivity contribution < 1.29 is 4.79 Å². The van der Waals surface area contributed by atoms with E-state index in [0.717, 1.165) is 10.9 Å². The highest BCUT2D eigenvalue weighted by Crippen LogP contribution is 2.21. The summed E-state index contributed by atoms with van der Waals surface area (Å²) in [7, 11) is 3.56. The van der Waals surface area contributed by atoms with Gasteiger partial charge in [-0.15, -0.1) is 0 Å². The Balaban J connectivity index is 2.76. The van der Waals surface area contributed by atoms with Gasteiger partial charge in [-0.05, 0) is 31.0 Å². The first-order chi connectivity index (χ1) is 8.45. The van der Waals surface area contributed by atoms with Crippen molar-refractivity contribution in [2.75, 3.05) is 14.1 Å². The first-order valence-electron chi connectivity index (χ1n) is 6.18. The number of nitrogens with one attached hydrogen (secondary N) is 1. The molecular weight excluding hydrogens is 292 g/mol. The number of hydrogen-bond donors (Lipinski definition) is 1. The van der Waals surface area contributed by atoms with Crippen LogP contribution in [0.15, 0.2) is 28.7 Å². The third-order valence-corrected chi connectivity index (χ3v) is 3.41. The Labute approximate surface area is 118 Å². The number of carbonyl (C=O) groups is 1. The van der Waals surface area contributed by atoms with Crippen LogP contribution in [-0.4, -0.2) is 30.9 Å². The van der Waals surface area contributed by atoms with Crippen molar-refractivity contribution in [3.8, 4) is 0 Å². The lowest BCUT2D eigenvalue weighted by atomic mass is 10.0. The molecule has 0 aliphatic carbocycles. The summed E-state index contributed by atoms with van der Waals surface area (Å²) in [5.74, 6) is 0.100. The molecule has 1 amide bonds. The zero-order chi connectivity index (χ0) is 13.7. The highest BCUT2D eigenvalue weighted by atomic mass is 79.9. The molecule has 0 aliphatic rings. The molecule has 4 heteroatoms. The minimum atomic E-state index is -0.177. The number of likely N-dealkylation sites (N-methyl/N-ethyl adjacent to an activating group) is 1. The molecule has 0 aliphatic heterocycles. The van der Waals surface area contributed by atoms with E-state index in [0.29, 0.717) is 0 Å². The number of benzene rings is 1. The van der Waals surface area contributed by atoms with Crippen molar-refractivity contribution >= 4 is 21.8 Å². The zero-order valence-electron chi connectivity index (χ0n) is 11.4. The molecule has 18 heavy (non-hydrogen) atoms. The lowest BCUT2D eigenvalue weighted by molar-refractivity contribution is -0.130. The van der Waals surface area contributed by atoms with Gasteiger partial charge in [0.15, 0.2) is 0 Å².